The van der Waals surface area contributed by atoms with Crippen molar-refractivity contribution in [2.45, 2.75) is 20.4 Å². The van der Waals surface area contributed by atoms with Gasteiger partial charge in [0.15, 0.2) is 0 Å². The lowest BCUT2D eigenvalue weighted by atomic mass is 10.2. The van der Waals surface area contributed by atoms with E-state index in [0.717, 1.165) is 11.2 Å². The monoisotopic (exact) mass is 269 g/mol. The molecule has 0 saturated heterocycles. The summed E-state index contributed by atoms with van der Waals surface area (Å²) in [5.41, 5.74) is 0.0910. The molecule has 0 spiro atoms. The maximum Gasteiger partial charge on any atom is 0.330 e. The highest BCUT2D eigenvalue weighted by molar-refractivity contribution is 5.01. The van der Waals surface area contributed by atoms with Crippen LogP contribution in [0.4, 0.5) is 0 Å². The molecule has 0 fully saturated rings. The summed E-state index contributed by atoms with van der Waals surface area (Å²) < 4.78 is 8.00. The molecule has 1 heterocycles. The molecule has 0 bridgehead atoms. The Bertz CT molecular complexity index is 517. The van der Waals surface area contributed by atoms with Gasteiger partial charge in [-0.2, -0.15) is 0 Å². The summed E-state index contributed by atoms with van der Waals surface area (Å²) in [6, 6.07) is 1.48. The molecular weight excluding hydrogens is 246 g/mol. The van der Waals surface area contributed by atoms with Gasteiger partial charge in [0, 0.05) is 45.6 Å². The van der Waals surface area contributed by atoms with Crippen LogP contribution in [-0.4, -0.2) is 28.9 Å². The molecule has 1 aromatic rings. The average molecular weight is 269 g/mol. The maximum atomic E-state index is 11.7. The van der Waals surface area contributed by atoms with Crippen LogP contribution in [0.25, 0.3) is 0 Å². The van der Waals surface area contributed by atoms with E-state index in [4.69, 9.17) is 4.74 Å². The fraction of sp³-hybridized carbons (Fsp3) is 0.692. The van der Waals surface area contributed by atoms with Crippen molar-refractivity contribution >= 4 is 0 Å². The van der Waals surface area contributed by atoms with E-state index in [0.29, 0.717) is 31.3 Å². The number of hydrogen-bond acceptors (Lipinski definition) is 4. The predicted octanol–water partition coefficient (Wildman–Crippen LogP) is -0.154. The first-order valence-corrected chi connectivity index (χ1v) is 6.48. The molecule has 0 aliphatic heterocycles. The van der Waals surface area contributed by atoms with E-state index in [1.54, 1.807) is 7.05 Å². The first-order valence-electron chi connectivity index (χ1n) is 6.48. The van der Waals surface area contributed by atoms with Crippen molar-refractivity contribution in [3.63, 3.8) is 0 Å². The van der Waals surface area contributed by atoms with Crippen molar-refractivity contribution in [2.24, 2.45) is 20.0 Å². The Hall–Kier alpha value is -1.40. The van der Waals surface area contributed by atoms with Crippen LogP contribution in [0, 0.1) is 5.92 Å². The molecule has 0 atom stereocenters. The topological polar surface area (TPSA) is 65.3 Å². The van der Waals surface area contributed by atoms with Crippen LogP contribution in [0.1, 0.15) is 19.5 Å². The van der Waals surface area contributed by atoms with E-state index in [1.807, 2.05) is 0 Å². The summed E-state index contributed by atoms with van der Waals surface area (Å²) in [5, 5.41) is 3.16. The Morgan fingerprint density at radius 2 is 1.95 bits per heavy atom. The Labute approximate surface area is 113 Å². The molecule has 1 aromatic heterocycles. The van der Waals surface area contributed by atoms with Crippen molar-refractivity contribution in [1.29, 1.82) is 0 Å². The second-order valence-corrected chi connectivity index (χ2v) is 5.02. The summed E-state index contributed by atoms with van der Waals surface area (Å²) in [4.78, 5) is 23.2. The second kappa shape index (κ2) is 7.25. The largest absolute Gasteiger partial charge is 0.380 e. The van der Waals surface area contributed by atoms with Crippen molar-refractivity contribution < 1.29 is 4.74 Å². The van der Waals surface area contributed by atoms with Gasteiger partial charge in [-0.15, -0.1) is 0 Å². The minimum atomic E-state index is -0.305. The van der Waals surface area contributed by atoms with E-state index in [9.17, 15) is 9.59 Å². The highest BCUT2D eigenvalue weighted by Gasteiger charge is 2.05. The van der Waals surface area contributed by atoms with Crippen LogP contribution in [0.5, 0.6) is 0 Å². The maximum absolute atomic E-state index is 11.7. The molecule has 0 aliphatic carbocycles. The van der Waals surface area contributed by atoms with Crippen molar-refractivity contribution in [1.82, 2.24) is 14.5 Å². The molecule has 19 heavy (non-hydrogen) atoms. The molecule has 0 saturated carbocycles. The molecule has 0 aromatic carbocycles. The van der Waals surface area contributed by atoms with Gasteiger partial charge in [0.2, 0.25) is 0 Å². The standard InChI is InChI=1S/C13H23N3O3/c1-10(2)9-19-6-5-14-8-11-7-12(17)16(4)13(18)15(11)3/h7,10,14H,5-6,8-9H2,1-4H3. The van der Waals surface area contributed by atoms with Crippen LogP contribution in [0.15, 0.2) is 15.7 Å². The molecule has 0 amide bonds. The molecular formula is C13H23N3O3. The highest BCUT2D eigenvalue weighted by Crippen LogP contribution is 1.92. The van der Waals surface area contributed by atoms with Crippen molar-refractivity contribution in [3.05, 3.63) is 32.6 Å². The Kier molecular flexibility index (Phi) is 5.98. The van der Waals surface area contributed by atoms with Crippen LogP contribution in [0.2, 0.25) is 0 Å². The molecule has 1 rings (SSSR count). The zero-order valence-corrected chi connectivity index (χ0v) is 12.1. The molecule has 0 unspecified atom stereocenters. The normalized spacial score (nSPS) is 11.2. The minimum absolute atomic E-state index is 0.282. The molecule has 1 N–H and O–H groups in total. The van der Waals surface area contributed by atoms with E-state index < -0.39 is 0 Å². The third-order valence-electron chi connectivity index (χ3n) is 2.81. The number of nitrogens with zero attached hydrogens (tertiary/aromatic N) is 2. The van der Waals surface area contributed by atoms with Crippen LogP contribution in [-0.2, 0) is 25.4 Å². The smallest absolute Gasteiger partial charge is 0.330 e. The lowest BCUT2D eigenvalue weighted by molar-refractivity contribution is 0.111. The number of nitrogens with one attached hydrogen (secondary N) is 1. The van der Waals surface area contributed by atoms with Crippen LogP contribution < -0.4 is 16.6 Å². The van der Waals surface area contributed by atoms with Gasteiger partial charge in [0.1, 0.15) is 0 Å². The van der Waals surface area contributed by atoms with Crippen LogP contribution >= 0.6 is 0 Å². The summed E-state index contributed by atoms with van der Waals surface area (Å²) in [5.74, 6) is 0.526. The van der Waals surface area contributed by atoms with Crippen LogP contribution in [0.3, 0.4) is 0 Å². The van der Waals surface area contributed by atoms with Gasteiger partial charge in [-0.25, -0.2) is 4.79 Å². The molecule has 6 nitrogen and oxygen atoms in total. The Morgan fingerprint density at radius 3 is 2.58 bits per heavy atom. The summed E-state index contributed by atoms with van der Waals surface area (Å²) in [7, 11) is 3.13. The Balaban J connectivity index is 2.47. The quantitative estimate of drug-likeness (QED) is 0.699. The molecule has 0 radical (unpaired) electrons. The molecule has 6 heteroatoms. The minimum Gasteiger partial charge on any atom is -0.380 e. The van der Waals surface area contributed by atoms with Gasteiger partial charge in [-0.1, -0.05) is 13.8 Å². The van der Waals surface area contributed by atoms with Gasteiger partial charge in [0.25, 0.3) is 5.56 Å². The number of hydrogen-bond donors (Lipinski definition) is 1. The van der Waals surface area contributed by atoms with Crippen molar-refractivity contribution in [2.75, 3.05) is 19.8 Å². The first-order chi connectivity index (χ1) is 8.93. The van der Waals surface area contributed by atoms with E-state index in [-0.39, 0.29) is 11.2 Å². The summed E-state index contributed by atoms with van der Waals surface area (Å²) in [6.07, 6.45) is 0. The SMILES string of the molecule is CC(C)COCCNCc1cc(=O)n(C)c(=O)n1C. The van der Waals surface area contributed by atoms with Crippen molar-refractivity contribution in [3.8, 4) is 0 Å². The summed E-state index contributed by atoms with van der Waals surface area (Å²) in [6.45, 7) is 6.73. The zero-order valence-electron chi connectivity index (χ0n) is 12.1. The third-order valence-corrected chi connectivity index (χ3v) is 2.81. The highest BCUT2D eigenvalue weighted by atomic mass is 16.5. The number of aromatic nitrogens is 2. The van der Waals surface area contributed by atoms with E-state index in [2.05, 4.69) is 19.2 Å². The molecule has 108 valence electrons. The third kappa shape index (κ3) is 4.65. The van der Waals surface area contributed by atoms with Gasteiger partial charge in [0.05, 0.1) is 6.61 Å². The average Bonchev–Trinajstić information content (AvgIpc) is 2.36. The van der Waals surface area contributed by atoms with Gasteiger partial charge in [-0.05, 0) is 5.92 Å². The zero-order chi connectivity index (χ0) is 14.4. The van der Waals surface area contributed by atoms with Gasteiger partial charge in [-0.3, -0.25) is 13.9 Å². The fourth-order valence-corrected chi connectivity index (χ4v) is 1.63. The fourth-order valence-electron chi connectivity index (χ4n) is 1.63. The van der Waals surface area contributed by atoms with E-state index in [1.165, 1.54) is 17.7 Å². The second-order valence-electron chi connectivity index (χ2n) is 5.02. The van der Waals surface area contributed by atoms with Gasteiger partial charge >= 0.3 is 5.69 Å². The first kappa shape index (κ1) is 15.7. The predicted molar refractivity (Wildman–Crippen MR) is 74.3 cm³/mol. The summed E-state index contributed by atoms with van der Waals surface area (Å²) >= 11 is 0. The lowest BCUT2D eigenvalue weighted by Gasteiger charge is -2.11. The van der Waals surface area contributed by atoms with Gasteiger partial charge < -0.3 is 10.1 Å². The number of rotatable bonds is 7. The molecule has 0 aliphatic rings. The van der Waals surface area contributed by atoms with E-state index >= 15 is 0 Å². The lowest BCUT2D eigenvalue weighted by Crippen LogP contribution is -2.39. The Morgan fingerprint density at radius 1 is 1.26 bits per heavy atom. The number of ether oxygens (including phenoxy) is 1.